The Bertz CT molecular complexity index is 415. The number of rotatable bonds is 4. The summed E-state index contributed by atoms with van der Waals surface area (Å²) in [5.41, 5.74) is 5.75. The van der Waals surface area contributed by atoms with E-state index in [4.69, 9.17) is 15.7 Å². The first-order valence-electron chi connectivity index (χ1n) is 4.55. The van der Waals surface area contributed by atoms with Crippen LogP contribution in [0, 0.1) is 11.3 Å². The van der Waals surface area contributed by atoms with Crippen molar-refractivity contribution in [2.75, 3.05) is 7.11 Å². The normalized spacial score (nSPS) is 10.2. The maximum absolute atomic E-state index is 12.7. The van der Waals surface area contributed by atoms with E-state index in [0.29, 0.717) is 5.56 Å². The van der Waals surface area contributed by atoms with E-state index in [1.165, 1.54) is 7.11 Å². The zero-order valence-corrected chi connectivity index (χ0v) is 8.70. The van der Waals surface area contributed by atoms with Crippen LogP contribution < -0.4 is 10.5 Å². The standard InChI is InChI=1S/C10H11F2N3O/c1-16-10-6(2-3-13)7(4-14)8(5-15-10)9(11)12/h5,9H,2,4,14H2,1H3. The Hall–Kier alpha value is -1.74. The molecule has 1 aromatic heterocycles. The summed E-state index contributed by atoms with van der Waals surface area (Å²) in [6.07, 6.45) is -1.68. The lowest BCUT2D eigenvalue weighted by molar-refractivity contribution is 0.149. The van der Waals surface area contributed by atoms with Gasteiger partial charge in [0.1, 0.15) is 0 Å². The molecule has 2 N–H and O–H groups in total. The smallest absolute Gasteiger partial charge is 0.265 e. The van der Waals surface area contributed by atoms with E-state index in [-0.39, 0.29) is 30.0 Å². The van der Waals surface area contributed by atoms with E-state index >= 15 is 0 Å². The SMILES string of the molecule is COc1ncc(C(F)F)c(CN)c1CC#N. The third-order valence-electron chi connectivity index (χ3n) is 2.18. The van der Waals surface area contributed by atoms with Crippen LogP contribution in [0.2, 0.25) is 0 Å². The molecule has 16 heavy (non-hydrogen) atoms. The van der Waals surface area contributed by atoms with Crippen LogP contribution in [0.5, 0.6) is 5.88 Å². The average molecular weight is 227 g/mol. The molecule has 86 valence electrons. The minimum atomic E-state index is -2.66. The molecule has 0 aliphatic carbocycles. The molecule has 1 aromatic rings. The van der Waals surface area contributed by atoms with E-state index in [1.54, 1.807) is 0 Å². The molecule has 6 heteroatoms. The van der Waals surface area contributed by atoms with E-state index < -0.39 is 6.43 Å². The van der Waals surface area contributed by atoms with Crippen LogP contribution in [0.1, 0.15) is 23.1 Å². The van der Waals surface area contributed by atoms with Crippen molar-refractivity contribution in [2.45, 2.75) is 19.4 Å². The molecule has 0 aliphatic rings. The Morgan fingerprint density at radius 1 is 1.56 bits per heavy atom. The highest BCUT2D eigenvalue weighted by molar-refractivity contribution is 5.42. The molecule has 0 aromatic carbocycles. The number of hydrogen-bond acceptors (Lipinski definition) is 4. The van der Waals surface area contributed by atoms with Crippen molar-refractivity contribution >= 4 is 0 Å². The van der Waals surface area contributed by atoms with Gasteiger partial charge in [0.2, 0.25) is 5.88 Å². The van der Waals surface area contributed by atoms with Gasteiger partial charge in [-0.2, -0.15) is 5.26 Å². The predicted molar refractivity (Wildman–Crippen MR) is 53.0 cm³/mol. The van der Waals surface area contributed by atoms with E-state index in [1.807, 2.05) is 6.07 Å². The van der Waals surface area contributed by atoms with Gasteiger partial charge >= 0.3 is 0 Å². The molecule has 0 saturated heterocycles. The molecule has 4 nitrogen and oxygen atoms in total. The molecule has 0 spiro atoms. The Morgan fingerprint density at radius 2 is 2.25 bits per heavy atom. The highest BCUT2D eigenvalue weighted by Gasteiger charge is 2.19. The largest absolute Gasteiger partial charge is 0.481 e. The molecule has 0 radical (unpaired) electrons. The van der Waals surface area contributed by atoms with Gasteiger partial charge < -0.3 is 10.5 Å². The van der Waals surface area contributed by atoms with Gasteiger partial charge in [-0.25, -0.2) is 13.8 Å². The van der Waals surface area contributed by atoms with Crippen molar-refractivity contribution in [1.82, 2.24) is 4.98 Å². The first-order chi connectivity index (χ1) is 7.65. The molecule has 0 saturated carbocycles. The lowest BCUT2D eigenvalue weighted by atomic mass is 10.0. The summed E-state index contributed by atoms with van der Waals surface area (Å²) in [4.78, 5) is 3.74. The molecule has 0 fully saturated rings. The minimum Gasteiger partial charge on any atom is -0.481 e. The third kappa shape index (κ3) is 2.25. The topological polar surface area (TPSA) is 71.9 Å². The number of halogens is 2. The number of nitriles is 1. The number of alkyl halides is 2. The van der Waals surface area contributed by atoms with Gasteiger partial charge in [0.05, 0.1) is 19.6 Å². The van der Waals surface area contributed by atoms with Gasteiger partial charge in [-0.3, -0.25) is 0 Å². The molecule has 0 atom stereocenters. The number of nitrogens with zero attached hydrogens (tertiary/aromatic N) is 2. The number of pyridine rings is 1. The Balaban J connectivity index is 3.38. The average Bonchev–Trinajstić information content (AvgIpc) is 2.28. The quantitative estimate of drug-likeness (QED) is 0.847. The molecule has 0 amide bonds. The van der Waals surface area contributed by atoms with Gasteiger partial charge in [-0.05, 0) is 5.56 Å². The molecule has 0 unspecified atom stereocenters. The third-order valence-corrected chi connectivity index (χ3v) is 2.18. The second-order valence-corrected chi connectivity index (χ2v) is 3.02. The van der Waals surface area contributed by atoms with Crippen molar-refractivity contribution in [3.63, 3.8) is 0 Å². The summed E-state index contributed by atoms with van der Waals surface area (Å²) in [5.74, 6) is 0.173. The van der Waals surface area contributed by atoms with Crippen LogP contribution in [-0.4, -0.2) is 12.1 Å². The Labute approximate surface area is 91.7 Å². The monoisotopic (exact) mass is 227 g/mol. The number of hydrogen-bond donors (Lipinski definition) is 1. The van der Waals surface area contributed by atoms with Crippen LogP contribution in [0.3, 0.4) is 0 Å². The van der Waals surface area contributed by atoms with Crippen molar-refractivity contribution < 1.29 is 13.5 Å². The summed E-state index contributed by atoms with van der Waals surface area (Å²) in [6.45, 7) is -0.0738. The first kappa shape index (κ1) is 12.3. The fourth-order valence-electron chi connectivity index (χ4n) is 1.45. The van der Waals surface area contributed by atoms with Crippen LogP contribution >= 0.6 is 0 Å². The van der Waals surface area contributed by atoms with Crippen molar-refractivity contribution in [3.05, 3.63) is 22.9 Å². The van der Waals surface area contributed by atoms with Gasteiger partial charge in [0, 0.05) is 23.9 Å². The molecule has 1 heterocycles. The van der Waals surface area contributed by atoms with Crippen LogP contribution in [-0.2, 0) is 13.0 Å². The summed E-state index contributed by atoms with van der Waals surface area (Å²) >= 11 is 0. The fourth-order valence-corrected chi connectivity index (χ4v) is 1.45. The summed E-state index contributed by atoms with van der Waals surface area (Å²) < 4.78 is 30.2. The maximum Gasteiger partial charge on any atom is 0.265 e. The summed E-state index contributed by atoms with van der Waals surface area (Å²) in [7, 11) is 1.37. The van der Waals surface area contributed by atoms with Gasteiger partial charge in [0.15, 0.2) is 0 Å². The van der Waals surface area contributed by atoms with Crippen LogP contribution in [0.4, 0.5) is 8.78 Å². The van der Waals surface area contributed by atoms with Crippen molar-refractivity contribution in [3.8, 4) is 11.9 Å². The molecular weight excluding hydrogens is 216 g/mol. The molecule has 0 aliphatic heterocycles. The van der Waals surface area contributed by atoms with Crippen molar-refractivity contribution in [1.29, 1.82) is 5.26 Å². The highest BCUT2D eigenvalue weighted by Crippen LogP contribution is 2.29. The number of methoxy groups -OCH3 is 1. The summed E-state index contributed by atoms with van der Waals surface area (Å²) in [5, 5.41) is 8.63. The van der Waals surface area contributed by atoms with Crippen LogP contribution in [0.15, 0.2) is 6.20 Å². The minimum absolute atomic E-state index is 0.0523. The first-order valence-corrected chi connectivity index (χ1v) is 4.55. The summed E-state index contributed by atoms with van der Waals surface area (Å²) in [6, 6.07) is 1.88. The predicted octanol–water partition coefficient (Wildman–Crippen LogP) is 1.55. The van der Waals surface area contributed by atoms with Crippen molar-refractivity contribution in [2.24, 2.45) is 5.73 Å². The molecule has 0 bridgehead atoms. The number of nitrogens with two attached hydrogens (primary N) is 1. The zero-order chi connectivity index (χ0) is 12.1. The van der Waals surface area contributed by atoms with E-state index in [0.717, 1.165) is 6.20 Å². The Morgan fingerprint density at radius 3 is 2.69 bits per heavy atom. The van der Waals surface area contributed by atoms with Gasteiger partial charge in [-0.1, -0.05) is 0 Å². The lowest BCUT2D eigenvalue weighted by Gasteiger charge is -2.13. The highest BCUT2D eigenvalue weighted by atomic mass is 19.3. The molecular formula is C10H11F2N3O. The van der Waals surface area contributed by atoms with Gasteiger partial charge in [-0.15, -0.1) is 0 Å². The lowest BCUT2D eigenvalue weighted by Crippen LogP contribution is -2.09. The second kappa shape index (κ2) is 5.37. The van der Waals surface area contributed by atoms with Gasteiger partial charge in [0.25, 0.3) is 6.43 Å². The van der Waals surface area contributed by atoms with E-state index in [2.05, 4.69) is 4.98 Å². The maximum atomic E-state index is 12.7. The number of ether oxygens (including phenoxy) is 1. The number of aromatic nitrogens is 1. The Kier molecular flexibility index (Phi) is 4.14. The fraction of sp³-hybridized carbons (Fsp3) is 0.400. The second-order valence-electron chi connectivity index (χ2n) is 3.02. The zero-order valence-electron chi connectivity index (χ0n) is 8.70. The van der Waals surface area contributed by atoms with E-state index in [9.17, 15) is 8.78 Å². The van der Waals surface area contributed by atoms with Crippen LogP contribution in [0.25, 0.3) is 0 Å². The molecule has 1 rings (SSSR count).